The number of nitrogens with zero attached hydrogens (tertiary/aromatic N) is 3. The quantitative estimate of drug-likeness (QED) is 0.719. The van der Waals surface area contributed by atoms with Gasteiger partial charge in [-0.3, -0.25) is 9.58 Å². The molecule has 0 atom stereocenters. The maximum atomic E-state index is 4.22. The van der Waals surface area contributed by atoms with Gasteiger partial charge in [-0.15, -0.1) is 0 Å². The summed E-state index contributed by atoms with van der Waals surface area (Å²) in [5.41, 5.74) is 1.30. The number of alkyl halides is 1. The van der Waals surface area contributed by atoms with Crippen molar-refractivity contribution in [1.29, 1.82) is 0 Å². The molecule has 1 aromatic heterocycles. The van der Waals surface area contributed by atoms with Crippen LogP contribution >= 0.6 is 15.9 Å². The smallest absolute Gasteiger partial charge is 0.0534 e. The van der Waals surface area contributed by atoms with Crippen molar-refractivity contribution in [3.8, 4) is 0 Å². The van der Waals surface area contributed by atoms with Gasteiger partial charge in [-0.1, -0.05) is 29.8 Å². The predicted molar refractivity (Wildman–Crippen MR) is 71.8 cm³/mol. The molecule has 0 radical (unpaired) electrons. The van der Waals surface area contributed by atoms with Gasteiger partial charge >= 0.3 is 0 Å². The second-order valence-electron chi connectivity index (χ2n) is 4.15. The van der Waals surface area contributed by atoms with Crippen LogP contribution in [0.15, 0.2) is 12.4 Å². The zero-order valence-corrected chi connectivity index (χ0v) is 12.1. The fourth-order valence-electron chi connectivity index (χ4n) is 2.09. The van der Waals surface area contributed by atoms with Crippen LogP contribution in [0.2, 0.25) is 0 Å². The summed E-state index contributed by atoms with van der Waals surface area (Å²) in [6.07, 6.45) is 6.49. The number of halogens is 1. The van der Waals surface area contributed by atoms with E-state index in [2.05, 4.69) is 46.0 Å². The van der Waals surface area contributed by atoms with Crippen LogP contribution in [0.3, 0.4) is 0 Å². The molecular formula is C12H22BrN3. The van der Waals surface area contributed by atoms with E-state index in [0.29, 0.717) is 6.04 Å². The van der Waals surface area contributed by atoms with E-state index in [0.717, 1.165) is 18.4 Å². The highest BCUT2D eigenvalue weighted by molar-refractivity contribution is 9.09. The molecule has 0 aromatic carbocycles. The number of hydrogen-bond donors (Lipinski definition) is 0. The van der Waals surface area contributed by atoms with E-state index in [4.69, 9.17) is 0 Å². The lowest BCUT2D eigenvalue weighted by Gasteiger charge is -2.29. The van der Waals surface area contributed by atoms with Gasteiger partial charge in [-0.2, -0.15) is 5.10 Å². The lowest BCUT2D eigenvalue weighted by molar-refractivity contribution is 0.189. The van der Waals surface area contributed by atoms with Crippen LogP contribution in [0.5, 0.6) is 0 Å². The summed E-state index contributed by atoms with van der Waals surface area (Å²) in [6.45, 7) is 6.63. The molecule has 4 heteroatoms. The molecule has 0 amide bonds. The SMILES string of the molecule is CCC(CC)N(CCBr)Cc1cnn(C)c1. The van der Waals surface area contributed by atoms with Crippen molar-refractivity contribution in [2.75, 3.05) is 11.9 Å². The molecule has 0 aliphatic rings. The Morgan fingerprint density at radius 3 is 2.56 bits per heavy atom. The molecule has 0 saturated heterocycles. The second-order valence-corrected chi connectivity index (χ2v) is 4.95. The van der Waals surface area contributed by atoms with Crippen LogP contribution in [0, 0.1) is 0 Å². The van der Waals surface area contributed by atoms with Gasteiger partial charge in [0.15, 0.2) is 0 Å². The molecule has 1 rings (SSSR count). The lowest BCUT2D eigenvalue weighted by atomic mass is 10.1. The molecule has 0 aliphatic carbocycles. The third-order valence-electron chi connectivity index (χ3n) is 2.97. The first kappa shape index (κ1) is 13.7. The topological polar surface area (TPSA) is 21.1 Å². The van der Waals surface area contributed by atoms with Gasteiger partial charge in [0.05, 0.1) is 6.20 Å². The first-order valence-corrected chi connectivity index (χ1v) is 7.10. The largest absolute Gasteiger partial charge is 0.295 e. The summed E-state index contributed by atoms with van der Waals surface area (Å²) >= 11 is 3.53. The first-order valence-electron chi connectivity index (χ1n) is 5.98. The Bertz CT molecular complexity index is 294. The van der Waals surface area contributed by atoms with E-state index >= 15 is 0 Å². The summed E-state index contributed by atoms with van der Waals surface area (Å²) < 4.78 is 1.87. The average Bonchev–Trinajstić information content (AvgIpc) is 2.66. The summed E-state index contributed by atoms with van der Waals surface area (Å²) in [7, 11) is 1.97. The summed E-state index contributed by atoms with van der Waals surface area (Å²) in [4.78, 5) is 2.53. The highest BCUT2D eigenvalue weighted by atomic mass is 79.9. The van der Waals surface area contributed by atoms with Gasteiger partial charge in [0.1, 0.15) is 0 Å². The van der Waals surface area contributed by atoms with Crippen molar-refractivity contribution in [2.24, 2.45) is 7.05 Å². The van der Waals surface area contributed by atoms with E-state index < -0.39 is 0 Å². The van der Waals surface area contributed by atoms with Gasteiger partial charge < -0.3 is 0 Å². The van der Waals surface area contributed by atoms with E-state index in [1.54, 1.807) is 0 Å². The predicted octanol–water partition coefficient (Wildman–Crippen LogP) is 2.81. The Hall–Kier alpha value is -0.350. The highest BCUT2D eigenvalue weighted by Crippen LogP contribution is 2.13. The standard InChI is InChI=1S/C12H22BrN3/c1-4-12(5-2)16(7-6-13)10-11-8-14-15(3)9-11/h8-9,12H,4-7,10H2,1-3H3. The van der Waals surface area contributed by atoms with Crippen LogP contribution < -0.4 is 0 Å². The van der Waals surface area contributed by atoms with Crippen molar-refractivity contribution in [3.05, 3.63) is 18.0 Å². The second kappa shape index (κ2) is 7.07. The number of aromatic nitrogens is 2. The maximum Gasteiger partial charge on any atom is 0.0534 e. The molecule has 0 N–H and O–H groups in total. The zero-order chi connectivity index (χ0) is 12.0. The molecule has 0 unspecified atom stereocenters. The van der Waals surface area contributed by atoms with E-state index in [1.165, 1.54) is 18.4 Å². The van der Waals surface area contributed by atoms with Crippen molar-refractivity contribution in [1.82, 2.24) is 14.7 Å². The Labute approximate surface area is 107 Å². The monoisotopic (exact) mass is 287 g/mol. The highest BCUT2D eigenvalue weighted by Gasteiger charge is 2.15. The van der Waals surface area contributed by atoms with Crippen LogP contribution in [0.4, 0.5) is 0 Å². The van der Waals surface area contributed by atoms with Crippen molar-refractivity contribution >= 4 is 15.9 Å². The van der Waals surface area contributed by atoms with Crippen LogP contribution in [0.25, 0.3) is 0 Å². The van der Waals surface area contributed by atoms with E-state index in [1.807, 2.05) is 17.9 Å². The van der Waals surface area contributed by atoms with E-state index in [-0.39, 0.29) is 0 Å². The minimum atomic E-state index is 0.678. The van der Waals surface area contributed by atoms with Gasteiger partial charge in [0.25, 0.3) is 0 Å². The number of aryl methyl sites for hydroxylation is 1. The van der Waals surface area contributed by atoms with Crippen molar-refractivity contribution in [2.45, 2.75) is 39.3 Å². The minimum absolute atomic E-state index is 0.678. The lowest BCUT2D eigenvalue weighted by Crippen LogP contribution is -2.35. The fourth-order valence-corrected chi connectivity index (χ4v) is 2.55. The Morgan fingerprint density at radius 2 is 2.12 bits per heavy atom. The number of rotatable bonds is 7. The Balaban J connectivity index is 2.63. The van der Waals surface area contributed by atoms with E-state index in [9.17, 15) is 0 Å². The van der Waals surface area contributed by atoms with Gasteiger partial charge in [-0.05, 0) is 12.8 Å². The Kier molecular flexibility index (Phi) is 6.06. The maximum absolute atomic E-state index is 4.22. The molecule has 1 aromatic rings. The Morgan fingerprint density at radius 1 is 1.44 bits per heavy atom. The normalized spacial score (nSPS) is 11.6. The van der Waals surface area contributed by atoms with Crippen LogP contribution in [-0.2, 0) is 13.6 Å². The molecule has 0 aliphatic heterocycles. The first-order chi connectivity index (χ1) is 7.71. The van der Waals surface area contributed by atoms with Crippen molar-refractivity contribution < 1.29 is 0 Å². The number of hydrogen-bond acceptors (Lipinski definition) is 2. The van der Waals surface area contributed by atoms with Crippen molar-refractivity contribution in [3.63, 3.8) is 0 Å². The fraction of sp³-hybridized carbons (Fsp3) is 0.750. The average molecular weight is 288 g/mol. The molecule has 16 heavy (non-hydrogen) atoms. The molecule has 92 valence electrons. The molecular weight excluding hydrogens is 266 g/mol. The van der Waals surface area contributed by atoms with Gasteiger partial charge in [-0.25, -0.2) is 0 Å². The zero-order valence-electron chi connectivity index (χ0n) is 10.5. The van der Waals surface area contributed by atoms with Gasteiger partial charge in [0, 0.05) is 43.3 Å². The van der Waals surface area contributed by atoms with Crippen LogP contribution in [-0.4, -0.2) is 32.6 Å². The van der Waals surface area contributed by atoms with Gasteiger partial charge in [0.2, 0.25) is 0 Å². The third kappa shape index (κ3) is 3.91. The molecule has 3 nitrogen and oxygen atoms in total. The summed E-state index contributed by atoms with van der Waals surface area (Å²) in [6, 6.07) is 0.678. The minimum Gasteiger partial charge on any atom is -0.295 e. The molecule has 1 heterocycles. The summed E-state index contributed by atoms with van der Waals surface area (Å²) in [5, 5.41) is 5.25. The molecule has 0 spiro atoms. The van der Waals surface area contributed by atoms with Crippen LogP contribution in [0.1, 0.15) is 32.3 Å². The molecule has 0 saturated carbocycles. The summed E-state index contributed by atoms with van der Waals surface area (Å²) in [5.74, 6) is 0. The third-order valence-corrected chi connectivity index (χ3v) is 3.33. The molecule has 0 bridgehead atoms. The molecule has 0 fully saturated rings.